The normalized spacial score (nSPS) is 11.7. The van der Waals surface area contributed by atoms with Gasteiger partial charge in [0.1, 0.15) is 11.6 Å². The number of rotatable bonds is 19. The van der Waals surface area contributed by atoms with E-state index in [1.807, 2.05) is 35.1 Å². The number of aryl methyl sites for hydroxylation is 1. The van der Waals surface area contributed by atoms with Gasteiger partial charge in [0, 0.05) is 44.9 Å². The van der Waals surface area contributed by atoms with E-state index >= 15 is 0 Å². The summed E-state index contributed by atoms with van der Waals surface area (Å²) in [4.78, 5) is 30.5. The van der Waals surface area contributed by atoms with Gasteiger partial charge >= 0.3 is 5.97 Å². The van der Waals surface area contributed by atoms with Crippen molar-refractivity contribution in [3.8, 4) is 0 Å². The number of carbonyl (C=O) groups is 1. The number of hydrogen-bond acceptors (Lipinski definition) is 6. The van der Waals surface area contributed by atoms with Crippen LogP contribution in [-0.2, 0) is 38.0 Å². The number of benzene rings is 1. The number of H-pyrrole nitrogens is 1. The number of nitrogens with zero attached hydrogens (tertiary/aromatic N) is 6. The zero-order valence-corrected chi connectivity index (χ0v) is 23.3. The van der Waals surface area contributed by atoms with E-state index in [9.17, 15) is 9.90 Å². The Morgan fingerprint density at radius 1 is 0.842 bits per heavy atom. The van der Waals surface area contributed by atoms with Crippen LogP contribution >= 0.6 is 0 Å². The van der Waals surface area contributed by atoms with E-state index in [0.29, 0.717) is 19.6 Å². The molecule has 0 unspecified atom stereocenters. The molecule has 38 heavy (non-hydrogen) atoms. The number of aromatic nitrogens is 4. The topological polar surface area (TPSA) is 93.5 Å². The molecule has 3 aromatic rings. The summed E-state index contributed by atoms with van der Waals surface area (Å²) in [6.07, 6.45) is 11.8. The van der Waals surface area contributed by atoms with E-state index < -0.39 is 5.97 Å². The Hall–Kier alpha value is -3.01. The fourth-order valence-electron chi connectivity index (χ4n) is 4.82. The zero-order valence-electron chi connectivity index (χ0n) is 23.3. The Bertz CT molecular complexity index is 1040. The van der Waals surface area contributed by atoms with Crippen LogP contribution in [0, 0.1) is 0 Å². The van der Waals surface area contributed by atoms with Crippen molar-refractivity contribution in [1.82, 2.24) is 34.2 Å². The van der Waals surface area contributed by atoms with Gasteiger partial charge in [0.2, 0.25) is 0 Å². The molecule has 2 heterocycles. The van der Waals surface area contributed by atoms with Crippen LogP contribution in [0.15, 0.2) is 49.1 Å². The van der Waals surface area contributed by atoms with E-state index in [1.165, 1.54) is 18.4 Å². The Kier molecular flexibility index (Phi) is 12.5. The zero-order chi connectivity index (χ0) is 27.2. The van der Waals surface area contributed by atoms with Crippen LogP contribution in [0.2, 0.25) is 0 Å². The first-order valence-corrected chi connectivity index (χ1v) is 13.9. The molecule has 0 bridgehead atoms. The molecule has 0 saturated carbocycles. The van der Waals surface area contributed by atoms with Gasteiger partial charge in [-0.25, -0.2) is 9.97 Å². The molecule has 1 aromatic carbocycles. The van der Waals surface area contributed by atoms with E-state index in [2.05, 4.69) is 62.9 Å². The second-order valence-electron chi connectivity index (χ2n) is 10.1. The minimum atomic E-state index is -0.775. The smallest absolute Gasteiger partial charge is 0.317 e. The van der Waals surface area contributed by atoms with Crippen LogP contribution in [0.25, 0.3) is 0 Å². The highest BCUT2D eigenvalue weighted by atomic mass is 16.4. The van der Waals surface area contributed by atoms with Crippen molar-refractivity contribution in [1.29, 1.82) is 0 Å². The minimum Gasteiger partial charge on any atom is -0.480 e. The molecule has 0 saturated heterocycles. The second kappa shape index (κ2) is 16.1. The predicted molar refractivity (Wildman–Crippen MR) is 150 cm³/mol. The van der Waals surface area contributed by atoms with Crippen LogP contribution in [0.1, 0.15) is 62.3 Å². The lowest BCUT2D eigenvalue weighted by atomic mass is 10.1. The van der Waals surface area contributed by atoms with Gasteiger partial charge in [0.15, 0.2) is 0 Å². The van der Waals surface area contributed by atoms with Gasteiger partial charge in [-0.2, -0.15) is 0 Å². The second-order valence-corrected chi connectivity index (χ2v) is 10.1. The van der Waals surface area contributed by atoms with E-state index in [4.69, 9.17) is 0 Å². The van der Waals surface area contributed by atoms with Gasteiger partial charge < -0.3 is 19.6 Å². The summed E-state index contributed by atoms with van der Waals surface area (Å²) in [7, 11) is 2.01. The molecule has 9 heteroatoms. The number of aromatic amines is 1. The fraction of sp³-hybridized carbons (Fsp3) is 0.552. The standard InChI is InChI=1S/C29H45N7O2/c1-4-15-34(16-5-2)17-6-7-18-35(24-29(37)38)20-25-8-10-26(11-9-25)21-36(22-27-30-12-13-31-27)23-28-32-14-19-33(28)3/h8-14,19H,4-7,15-18,20-24H2,1-3H3,(H,30,31)(H,37,38). The molecule has 0 aliphatic rings. The SMILES string of the molecule is CCCN(CCC)CCCCN(CC(=O)O)Cc1ccc(CN(Cc2ncc[nH]2)Cc2nccn2C)cc1. The summed E-state index contributed by atoms with van der Waals surface area (Å²) in [5.41, 5.74) is 2.33. The Morgan fingerprint density at radius 3 is 2.00 bits per heavy atom. The summed E-state index contributed by atoms with van der Waals surface area (Å²) in [5, 5.41) is 9.45. The third kappa shape index (κ3) is 10.4. The van der Waals surface area contributed by atoms with Gasteiger partial charge in [0.25, 0.3) is 0 Å². The molecule has 0 aliphatic heterocycles. The van der Waals surface area contributed by atoms with Gasteiger partial charge in [-0.05, 0) is 63.0 Å². The Balaban J connectivity index is 1.56. The summed E-state index contributed by atoms with van der Waals surface area (Å²) in [6.45, 7) is 11.5. The van der Waals surface area contributed by atoms with E-state index in [1.54, 1.807) is 6.20 Å². The van der Waals surface area contributed by atoms with E-state index in [-0.39, 0.29) is 6.54 Å². The molecule has 0 radical (unpaired) electrons. The number of aliphatic carboxylic acids is 1. The lowest BCUT2D eigenvalue weighted by Gasteiger charge is -2.24. The first-order chi connectivity index (χ1) is 18.5. The molecule has 0 atom stereocenters. The molecule has 0 fully saturated rings. The molecule has 0 amide bonds. The van der Waals surface area contributed by atoms with Crippen LogP contribution < -0.4 is 0 Å². The van der Waals surface area contributed by atoms with Crippen LogP contribution in [-0.4, -0.2) is 78.0 Å². The van der Waals surface area contributed by atoms with Crippen molar-refractivity contribution in [2.75, 3.05) is 32.7 Å². The van der Waals surface area contributed by atoms with Gasteiger partial charge in [-0.3, -0.25) is 14.6 Å². The molecule has 3 rings (SSSR count). The largest absolute Gasteiger partial charge is 0.480 e. The van der Waals surface area contributed by atoms with Gasteiger partial charge in [0.05, 0.1) is 19.6 Å². The fourth-order valence-corrected chi connectivity index (χ4v) is 4.82. The van der Waals surface area contributed by atoms with Crippen molar-refractivity contribution < 1.29 is 9.90 Å². The highest BCUT2D eigenvalue weighted by Gasteiger charge is 2.14. The Labute approximate surface area is 227 Å². The highest BCUT2D eigenvalue weighted by Crippen LogP contribution is 2.14. The lowest BCUT2D eigenvalue weighted by molar-refractivity contribution is -0.138. The molecular formula is C29H45N7O2. The molecule has 2 N–H and O–H groups in total. The summed E-state index contributed by atoms with van der Waals surface area (Å²) < 4.78 is 2.04. The van der Waals surface area contributed by atoms with Crippen LogP contribution in [0.3, 0.4) is 0 Å². The monoisotopic (exact) mass is 523 g/mol. The summed E-state index contributed by atoms with van der Waals surface area (Å²) >= 11 is 0. The molecule has 9 nitrogen and oxygen atoms in total. The summed E-state index contributed by atoms with van der Waals surface area (Å²) in [5.74, 6) is 1.15. The quantitative estimate of drug-likeness (QED) is 0.228. The van der Waals surface area contributed by atoms with Gasteiger partial charge in [-0.1, -0.05) is 38.1 Å². The lowest BCUT2D eigenvalue weighted by Crippen LogP contribution is -2.31. The van der Waals surface area contributed by atoms with Crippen molar-refractivity contribution in [2.24, 2.45) is 7.05 Å². The number of imidazole rings is 2. The first-order valence-electron chi connectivity index (χ1n) is 13.9. The minimum absolute atomic E-state index is 0.0655. The van der Waals surface area contributed by atoms with Crippen LogP contribution in [0.4, 0.5) is 0 Å². The summed E-state index contributed by atoms with van der Waals surface area (Å²) in [6, 6.07) is 8.55. The van der Waals surface area contributed by atoms with Crippen molar-refractivity contribution in [2.45, 2.75) is 65.7 Å². The first kappa shape index (κ1) is 29.5. The molecular weight excluding hydrogens is 478 g/mol. The van der Waals surface area contributed by atoms with E-state index in [0.717, 1.165) is 62.8 Å². The Morgan fingerprint density at radius 2 is 1.47 bits per heavy atom. The average molecular weight is 524 g/mol. The third-order valence-corrected chi connectivity index (χ3v) is 6.69. The molecule has 208 valence electrons. The third-order valence-electron chi connectivity index (χ3n) is 6.69. The molecule has 0 spiro atoms. The van der Waals surface area contributed by atoms with Crippen LogP contribution in [0.5, 0.6) is 0 Å². The van der Waals surface area contributed by atoms with Crippen molar-refractivity contribution >= 4 is 5.97 Å². The number of hydrogen-bond donors (Lipinski definition) is 2. The number of carboxylic acid groups (broad SMARTS) is 1. The van der Waals surface area contributed by atoms with Crippen molar-refractivity contribution in [3.63, 3.8) is 0 Å². The molecule has 2 aromatic heterocycles. The maximum absolute atomic E-state index is 11.5. The highest BCUT2D eigenvalue weighted by molar-refractivity contribution is 5.69. The predicted octanol–water partition coefficient (Wildman–Crippen LogP) is 4.13. The number of carboxylic acids is 1. The number of nitrogens with one attached hydrogen (secondary N) is 1. The molecule has 0 aliphatic carbocycles. The van der Waals surface area contributed by atoms with Crippen molar-refractivity contribution in [3.05, 3.63) is 71.8 Å². The number of unbranched alkanes of at least 4 members (excludes halogenated alkanes) is 1. The maximum atomic E-state index is 11.5. The maximum Gasteiger partial charge on any atom is 0.317 e. The average Bonchev–Trinajstić information content (AvgIpc) is 3.54. The van der Waals surface area contributed by atoms with Gasteiger partial charge in [-0.15, -0.1) is 0 Å².